The van der Waals surface area contributed by atoms with Crippen molar-refractivity contribution in [2.24, 2.45) is 0 Å². The number of carbonyl (C=O) groups is 1. The molecule has 2 rings (SSSR count). The molecule has 0 saturated carbocycles. The fraction of sp³-hybridized carbons (Fsp3) is 0.588. The quantitative estimate of drug-likeness (QED) is 0.741. The van der Waals surface area contributed by atoms with Gasteiger partial charge in [-0.05, 0) is 51.0 Å². The zero-order valence-corrected chi connectivity index (χ0v) is 14.2. The zero-order chi connectivity index (χ0) is 16.9. The average Bonchev–Trinajstić information content (AvgIpc) is 2.47. The summed E-state index contributed by atoms with van der Waals surface area (Å²) < 4.78 is 5.24. The van der Waals surface area contributed by atoms with Gasteiger partial charge in [0.05, 0.1) is 0 Å². The van der Waals surface area contributed by atoms with E-state index in [0.717, 1.165) is 44.7 Å². The molecule has 23 heavy (non-hydrogen) atoms. The molecule has 1 amide bonds. The van der Waals surface area contributed by atoms with Gasteiger partial charge in [0.25, 0.3) is 0 Å². The lowest BCUT2D eigenvalue weighted by Gasteiger charge is -2.27. The molecule has 1 aliphatic rings. The van der Waals surface area contributed by atoms with Crippen molar-refractivity contribution in [1.29, 1.82) is 0 Å². The van der Waals surface area contributed by atoms with Crippen LogP contribution in [0.4, 0.5) is 10.5 Å². The number of benzene rings is 1. The lowest BCUT2D eigenvalue weighted by atomic mass is 10.1. The van der Waals surface area contributed by atoms with Crippen molar-refractivity contribution in [3.05, 3.63) is 23.8 Å². The number of carbonyl (C=O) groups excluding carboxylic acids is 1. The van der Waals surface area contributed by atoms with Crippen LogP contribution in [0.3, 0.4) is 0 Å². The summed E-state index contributed by atoms with van der Waals surface area (Å²) in [7, 11) is 0. The second kappa shape index (κ2) is 7.66. The highest BCUT2D eigenvalue weighted by atomic mass is 16.6. The third-order valence-electron chi connectivity index (χ3n) is 3.63. The summed E-state index contributed by atoms with van der Waals surface area (Å²) in [4.78, 5) is 14.2. The van der Waals surface area contributed by atoms with E-state index in [2.05, 4.69) is 15.5 Å². The number of nitrogens with one attached hydrogen (secondary N) is 2. The van der Waals surface area contributed by atoms with Gasteiger partial charge in [-0.1, -0.05) is 0 Å². The van der Waals surface area contributed by atoms with Crippen LogP contribution in [-0.4, -0.2) is 54.4 Å². The molecule has 6 nitrogen and oxygen atoms in total. The van der Waals surface area contributed by atoms with Gasteiger partial charge < -0.3 is 20.1 Å². The van der Waals surface area contributed by atoms with Crippen LogP contribution < -0.4 is 10.6 Å². The van der Waals surface area contributed by atoms with E-state index in [-0.39, 0.29) is 5.75 Å². The van der Waals surface area contributed by atoms with Crippen LogP contribution in [0.2, 0.25) is 0 Å². The van der Waals surface area contributed by atoms with Gasteiger partial charge in [-0.3, -0.25) is 5.32 Å². The standard InChI is InChI=1S/C17H27N3O3/c1-17(2,3)23-16(22)19-14-4-5-15(21)13(12-14)6-9-20-10-7-18-8-11-20/h4-5,12,18,21H,6-11H2,1-3H3,(H,19,22). The monoisotopic (exact) mass is 321 g/mol. The van der Waals surface area contributed by atoms with Crippen LogP contribution in [0.25, 0.3) is 0 Å². The highest BCUT2D eigenvalue weighted by Crippen LogP contribution is 2.23. The Morgan fingerprint density at radius 2 is 2.04 bits per heavy atom. The average molecular weight is 321 g/mol. The van der Waals surface area contributed by atoms with E-state index >= 15 is 0 Å². The molecule has 0 radical (unpaired) electrons. The maximum absolute atomic E-state index is 11.8. The molecular formula is C17H27N3O3. The summed E-state index contributed by atoms with van der Waals surface area (Å²) in [6.07, 6.45) is 0.256. The predicted molar refractivity (Wildman–Crippen MR) is 91.0 cm³/mol. The number of anilines is 1. The molecule has 3 N–H and O–H groups in total. The molecule has 0 atom stereocenters. The van der Waals surface area contributed by atoms with Crippen molar-refractivity contribution < 1.29 is 14.6 Å². The molecule has 128 valence electrons. The van der Waals surface area contributed by atoms with Gasteiger partial charge in [0.2, 0.25) is 0 Å². The number of hydrogen-bond acceptors (Lipinski definition) is 5. The molecule has 0 aromatic heterocycles. The Hall–Kier alpha value is -1.79. The number of nitrogens with zero attached hydrogens (tertiary/aromatic N) is 1. The molecule has 1 aromatic carbocycles. The largest absolute Gasteiger partial charge is 0.508 e. The Labute approximate surface area is 137 Å². The number of rotatable bonds is 4. The first kappa shape index (κ1) is 17.6. The van der Waals surface area contributed by atoms with Gasteiger partial charge in [-0.15, -0.1) is 0 Å². The first-order valence-corrected chi connectivity index (χ1v) is 8.08. The molecule has 1 saturated heterocycles. The van der Waals surface area contributed by atoms with Crippen LogP contribution >= 0.6 is 0 Å². The van der Waals surface area contributed by atoms with Crippen molar-refractivity contribution in [2.45, 2.75) is 32.8 Å². The van der Waals surface area contributed by atoms with Crippen LogP contribution in [0, 0.1) is 0 Å². The van der Waals surface area contributed by atoms with Crippen molar-refractivity contribution in [2.75, 3.05) is 38.0 Å². The lowest BCUT2D eigenvalue weighted by molar-refractivity contribution is 0.0636. The topological polar surface area (TPSA) is 73.8 Å². The van der Waals surface area contributed by atoms with E-state index in [1.165, 1.54) is 0 Å². The number of aromatic hydroxyl groups is 1. The number of amides is 1. The van der Waals surface area contributed by atoms with E-state index in [4.69, 9.17) is 4.74 Å². The summed E-state index contributed by atoms with van der Waals surface area (Å²) in [5, 5.41) is 16.0. The normalized spacial score (nSPS) is 16.1. The number of phenols is 1. The molecule has 1 fully saturated rings. The van der Waals surface area contributed by atoms with Gasteiger partial charge >= 0.3 is 6.09 Å². The van der Waals surface area contributed by atoms with Gasteiger partial charge in [0, 0.05) is 38.4 Å². The first-order valence-electron chi connectivity index (χ1n) is 8.08. The Bertz CT molecular complexity index is 534. The molecule has 0 unspecified atom stereocenters. The Balaban J connectivity index is 1.93. The molecule has 1 aromatic rings. The highest BCUT2D eigenvalue weighted by Gasteiger charge is 2.17. The fourth-order valence-electron chi connectivity index (χ4n) is 2.50. The third-order valence-corrected chi connectivity index (χ3v) is 3.63. The van der Waals surface area contributed by atoms with Gasteiger partial charge in [0.15, 0.2) is 0 Å². The minimum Gasteiger partial charge on any atom is -0.508 e. The van der Waals surface area contributed by atoms with E-state index in [0.29, 0.717) is 5.69 Å². The van der Waals surface area contributed by atoms with E-state index < -0.39 is 11.7 Å². The fourth-order valence-corrected chi connectivity index (χ4v) is 2.50. The SMILES string of the molecule is CC(C)(C)OC(=O)Nc1ccc(O)c(CCN2CCNCC2)c1. The molecular weight excluding hydrogens is 294 g/mol. The van der Waals surface area contributed by atoms with Crippen molar-refractivity contribution in [1.82, 2.24) is 10.2 Å². The van der Waals surface area contributed by atoms with Crippen LogP contribution in [0.15, 0.2) is 18.2 Å². The third kappa shape index (κ3) is 6.08. The van der Waals surface area contributed by atoms with Crippen molar-refractivity contribution in [3.8, 4) is 5.75 Å². The van der Waals surface area contributed by atoms with E-state index in [1.54, 1.807) is 18.2 Å². The number of phenolic OH excluding ortho intramolecular Hbond substituents is 1. The molecule has 1 aliphatic heterocycles. The van der Waals surface area contributed by atoms with E-state index in [1.807, 2.05) is 20.8 Å². The van der Waals surface area contributed by atoms with Gasteiger partial charge in [0.1, 0.15) is 11.4 Å². The summed E-state index contributed by atoms with van der Waals surface area (Å²) in [6, 6.07) is 5.09. The zero-order valence-electron chi connectivity index (χ0n) is 14.2. The van der Waals surface area contributed by atoms with E-state index in [9.17, 15) is 9.90 Å². The van der Waals surface area contributed by atoms with Crippen molar-refractivity contribution in [3.63, 3.8) is 0 Å². The molecule has 0 aliphatic carbocycles. The summed E-state index contributed by atoms with van der Waals surface area (Å²) in [6.45, 7) is 10.4. The van der Waals surface area contributed by atoms with Crippen LogP contribution in [0.5, 0.6) is 5.75 Å². The summed E-state index contributed by atoms with van der Waals surface area (Å²) >= 11 is 0. The molecule has 1 heterocycles. The molecule has 6 heteroatoms. The number of hydrogen-bond donors (Lipinski definition) is 3. The maximum Gasteiger partial charge on any atom is 0.412 e. The molecule has 0 bridgehead atoms. The van der Waals surface area contributed by atoms with Crippen molar-refractivity contribution >= 4 is 11.8 Å². The second-order valence-electron chi connectivity index (χ2n) is 6.81. The van der Waals surface area contributed by atoms with Gasteiger partial charge in [-0.25, -0.2) is 4.79 Å². The second-order valence-corrected chi connectivity index (χ2v) is 6.81. The Morgan fingerprint density at radius 1 is 1.35 bits per heavy atom. The predicted octanol–water partition coefficient (Wildman–Crippen LogP) is 2.19. The summed E-state index contributed by atoms with van der Waals surface area (Å²) in [5.41, 5.74) is 0.927. The summed E-state index contributed by atoms with van der Waals surface area (Å²) in [5.74, 6) is 0.259. The Kier molecular flexibility index (Phi) is 5.85. The van der Waals surface area contributed by atoms with Crippen LogP contribution in [0.1, 0.15) is 26.3 Å². The van der Waals surface area contributed by atoms with Gasteiger partial charge in [-0.2, -0.15) is 0 Å². The smallest absolute Gasteiger partial charge is 0.412 e. The number of ether oxygens (including phenoxy) is 1. The van der Waals surface area contributed by atoms with Crippen LogP contribution in [-0.2, 0) is 11.2 Å². The Morgan fingerprint density at radius 3 is 2.70 bits per heavy atom. The minimum atomic E-state index is -0.536. The number of piperazine rings is 1. The first-order chi connectivity index (χ1) is 10.8. The highest BCUT2D eigenvalue weighted by molar-refractivity contribution is 5.85. The molecule has 0 spiro atoms. The lowest BCUT2D eigenvalue weighted by Crippen LogP contribution is -2.44. The maximum atomic E-state index is 11.8. The minimum absolute atomic E-state index is 0.259.